The first-order chi connectivity index (χ1) is 7.72. The number of nitrogens with zero attached hydrogens (tertiary/aromatic N) is 1. The lowest BCUT2D eigenvalue weighted by molar-refractivity contribution is 0.121. The molecule has 0 unspecified atom stereocenters. The van der Waals surface area contributed by atoms with Crippen LogP contribution in [0, 0.1) is 0 Å². The number of hydrogen-bond donors (Lipinski definition) is 0. The van der Waals surface area contributed by atoms with E-state index in [2.05, 4.69) is 33.0 Å². The van der Waals surface area contributed by atoms with Crippen molar-refractivity contribution in [2.24, 2.45) is 0 Å². The van der Waals surface area contributed by atoms with E-state index >= 15 is 0 Å². The Kier molecular flexibility index (Phi) is 3.71. The van der Waals surface area contributed by atoms with Crippen LogP contribution in [0.25, 0.3) is 0 Å². The molecule has 0 amide bonds. The van der Waals surface area contributed by atoms with Gasteiger partial charge in [0, 0.05) is 36.4 Å². The average Bonchev–Trinajstić information content (AvgIpc) is 2.76. The monoisotopic (exact) mass is 285 g/mol. The molecule has 2 rings (SSSR count). The molecule has 0 N–H and O–H groups in total. The highest BCUT2D eigenvalue weighted by atomic mass is 79.9. The van der Waals surface area contributed by atoms with E-state index in [1.54, 1.807) is 14.2 Å². The first-order valence-corrected chi connectivity index (χ1v) is 6.14. The lowest BCUT2D eigenvalue weighted by Gasteiger charge is -2.19. The quantitative estimate of drug-likeness (QED) is 0.852. The molecule has 0 aromatic heterocycles. The van der Waals surface area contributed by atoms with Crippen LogP contribution >= 0.6 is 15.9 Å². The zero-order valence-electron chi connectivity index (χ0n) is 9.57. The summed E-state index contributed by atoms with van der Waals surface area (Å²) in [5, 5.41) is 0. The van der Waals surface area contributed by atoms with Gasteiger partial charge in [0.1, 0.15) is 5.75 Å². The molecule has 0 saturated carbocycles. The Morgan fingerprint density at radius 1 is 1.31 bits per heavy atom. The molecular weight excluding hydrogens is 270 g/mol. The summed E-state index contributed by atoms with van der Waals surface area (Å²) in [7, 11) is 3.46. The molecule has 1 fully saturated rings. The predicted molar refractivity (Wildman–Crippen MR) is 68.3 cm³/mol. The molecule has 0 aliphatic carbocycles. The second kappa shape index (κ2) is 5.06. The maximum atomic E-state index is 5.37. The van der Waals surface area contributed by atoms with E-state index < -0.39 is 0 Å². The Balaban J connectivity index is 2.17. The van der Waals surface area contributed by atoms with Crippen LogP contribution < -0.4 is 9.64 Å². The van der Waals surface area contributed by atoms with Crippen molar-refractivity contribution >= 4 is 21.6 Å². The van der Waals surface area contributed by atoms with E-state index in [-0.39, 0.29) is 0 Å². The molecule has 0 bridgehead atoms. The van der Waals surface area contributed by atoms with Crippen molar-refractivity contribution in [1.82, 2.24) is 0 Å². The van der Waals surface area contributed by atoms with Crippen LogP contribution in [0.5, 0.6) is 5.75 Å². The summed E-state index contributed by atoms with van der Waals surface area (Å²) in [4.78, 5) is 2.32. The predicted octanol–water partition coefficient (Wildman–Crippen LogP) is 2.68. The number of hydrogen-bond acceptors (Lipinski definition) is 3. The fourth-order valence-corrected chi connectivity index (χ4v) is 2.46. The van der Waals surface area contributed by atoms with Gasteiger partial charge in [0.25, 0.3) is 0 Å². The largest absolute Gasteiger partial charge is 0.497 e. The van der Waals surface area contributed by atoms with Gasteiger partial charge in [0.15, 0.2) is 0 Å². The molecule has 0 spiro atoms. The van der Waals surface area contributed by atoms with Crippen LogP contribution in [-0.2, 0) is 4.74 Å². The van der Waals surface area contributed by atoms with E-state index in [1.807, 2.05) is 6.07 Å². The fourth-order valence-electron chi connectivity index (χ4n) is 2.00. The highest BCUT2D eigenvalue weighted by Crippen LogP contribution is 2.29. The maximum absolute atomic E-state index is 5.37. The van der Waals surface area contributed by atoms with Gasteiger partial charge in [-0.3, -0.25) is 0 Å². The highest BCUT2D eigenvalue weighted by Gasteiger charge is 2.22. The van der Waals surface area contributed by atoms with Gasteiger partial charge in [-0.15, -0.1) is 0 Å². The van der Waals surface area contributed by atoms with Gasteiger partial charge in [-0.25, -0.2) is 0 Å². The summed E-state index contributed by atoms with van der Waals surface area (Å²) in [5.41, 5.74) is 1.19. The van der Waals surface area contributed by atoms with Gasteiger partial charge < -0.3 is 14.4 Å². The average molecular weight is 286 g/mol. The smallest absolute Gasteiger partial charge is 0.122 e. The van der Waals surface area contributed by atoms with Gasteiger partial charge in [0.05, 0.1) is 13.2 Å². The molecule has 88 valence electrons. The summed E-state index contributed by atoms with van der Waals surface area (Å²) in [6, 6.07) is 6.14. The molecule has 1 aliphatic rings. The van der Waals surface area contributed by atoms with Crippen LogP contribution in [0.2, 0.25) is 0 Å². The zero-order chi connectivity index (χ0) is 11.5. The lowest BCUT2D eigenvalue weighted by atomic mass is 10.3. The molecule has 4 heteroatoms. The van der Waals surface area contributed by atoms with E-state index in [1.165, 1.54) is 5.69 Å². The van der Waals surface area contributed by atoms with Crippen molar-refractivity contribution in [3.8, 4) is 5.75 Å². The van der Waals surface area contributed by atoms with Crippen LogP contribution in [0.15, 0.2) is 22.7 Å². The molecule has 1 aromatic rings. The number of benzene rings is 1. The van der Waals surface area contributed by atoms with Crippen LogP contribution in [0.1, 0.15) is 6.42 Å². The van der Waals surface area contributed by atoms with Gasteiger partial charge in [-0.05, 0) is 18.6 Å². The van der Waals surface area contributed by atoms with E-state index in [9.17, 15) is 0 Å². The molecule has 1 aliphatic heterocycles. The Labute approximate surface area is 104 Å². The summed E-state index contributed by atoms with van der Waals surface area (Å²) < 4.78 is 11.7. The SMILES string of the molecule is COc1cc(Br)cc(N2CC[C@@H](OC)C2)c1. The molecule has 1 heterocycles. The van der Waals surface area contributed by atoms with Crippen LogP contribution in [0.4, 0.5) is 5.69 Å². The van der Waals surface area contributed by atoms with Crippen molar-refractivity contribution in [2.75, 3.05) is 32.2 Å². The van der Waals surface area contributed by atoms with Crippen molar-refractivity contribution in [3.05, 3.63) is 22.7 Å². The molecule has 3 nitrogen and oxygen atoms in total. The zero-order valence-corrected chi connectivity index (χ0v) is 11.2. The van der Waals surface area contributed by atoms with Gasteiger partial charge >= 0.3 is 0 Å². The molecule has 1 aromatic carbocycles. The minimum absolute atomic E-state index is 0.352. The van der Waals surface area contributed by atoms with Gasteiger partial charge in [-0.2, -0.15) is 0 Å². The Morgan fingerprint density at radius 3 is 2.75 bits per heavy atom. The first kappa shape index (κ1) is 11.7. The summed E-state index contributed by atoms with van der Waals surface area (Å²) in [5.74, 6) is 0.880. The number of anilines is 1. The molecular formula is C12H16BrNO2. The number of rotatable bonds is 3. The first-order valence-electron chi connectivity index (χ1n) is 5.35. The van der Waals surface area contributed by atoms with E-state index in [4.69, 9.17) is 9.47 Å². The van der Waals surface area contributed by atoms with Crippen molar-refractivity contribution < 1.29 is 9.47 Å². The number of halogens is 1. The normalized spacial score (nSPS) is 20.2. The molecule has 0 radical (unpaired) electrons. The third kappa shape index (κ3) is 2.50. The van der Waals surface area contributed by atoms with Crippen molar-refractivity contribution in [2.45, 2.75) is 12.5 Å². The second-order valence-corrected chi connectivity index (χ2v) is 4.86. The maximum Gasteiger partial charge on any atom is 0.122 e. The standard InChI is InChI=1S/C12H16BrNO2/c1-15-11-3-4-14(8-11)10-5-9(13)6-12(7-10)16-2/h5-7,11H,3-4,8H2,1-2H3/t11-/m1/s1. The second-order valence-electron chi connectivity index (χ2n) is 3.94. The lowest BCUT2D eigenvalue weighted by Crippen LogP contribution is -2.22. The Bertz CT molecular complexity index is 370. The summed E-state index contributed by atoms with van der Waals surface area (Å²) in [6.07, 6.45) is 1.44. The molecule has 16 heavy (non-hydrogen) atoms. The van der Waals surface area contributed by atoms with Crippen molar-refractivity contribution in [3.63, 3.8) is 0 Å². The minimum atomic E-state index is 0.352. The molecule has 1 saturated heterocycles. The Hall–Kier alpha value is -0.740. The fraction of sp³-hybridized carbons (Fsp3) is 0.500. The minimum Gasteiger partial charge on any atom is -0.497 e. The van der Waals surface area contributed by atoms with Crippen molar-refractivity contribution in [1.29, 1.82) is 0 Å². The molecule has 1 atom stereocenters. The van der Waals surface area contributed by atoms with Crippen LogP contribution in [-0.4, -0.2) is 33.4 Å². The van der Waals surface area contributed by atoms with Gasteiger partial charge in [-0.1, -0.05) is 15.9 Å². The highest BCUT2D eigenvalue weighted by molar-refractivity contribution is 9.10. The third-order valence-corrected chi connectivity index (χ3v) is 3.39. The summed E-state index contributed by atoms with van der Waals surface area (Å²) >= 11 is 3.50. The summed E-state index contributed by atoms with van der Waals surface area (Å²) in [6.45, 7) is 1.99. The van der Waals surface area contributed by atoms with E-state index in [0.29, 0.717) is 6.10 Å². The Morgan fingerprint density at radius 2 is 2.12 bits per heavy atom. The van der Waals surface area contributed by atoms with E-state index in [0.717, 1.165) is 29.7 Å². The van der Waals surface area contributed by atoms with Gasteiger partial charge in [0.2, 0.25) is 0 Å². The van der Waals surface area contributed by atoms with Crippen LogP contribution in [0.3, 0.4) is 0 Å². The third-order valence-electron chi connectivity index (χ3n) is 2.94. The number of ether oxygens (including phenoxy) is 2. The number of methoxy groups -OCH3 is 2. The topological polar surface area (TPSA) is 21.7 Å².